The summed E-state index contributed by atoms with van der Waals surface area (Å²) in [6, 6.07) is 1.72. The molecule has 0 aliphatic carbocycles. The lowest BCUT2D eigenvalue weighted by Crippen LogP contribution is -2.04. The van der Waals surface area contributed by atoms with E-state index >= 15 is 0 Å². The normalized spacial score (nSPS) is 13.5. The van der Waals surface area contributed by atoms with Crippen LogP contribution in [-0.2, 0) is 11.2 Å². The summed E-state index contributed by atoms with van der Waals surface area (Å²) >= 11 is 0. The van der Waals surface area contributed by atoms with Gasteiger partial charge >= 0.3 is 0 Å². The molecular weight excluding hydrogens is 360 g/mol. The summed E-state index contributed by atoms with van der Waals surface area (Å²) in [5.74, 6) is 0.300. The summed E-state index contributed by atoms with van der Waals surface area (Å²) in [5, 5.41) is 21.1. The molecule has 0 aliphatic rings. The second-order valence-corrected chi connectivity index (χ2v) is 8.21. The highest BCUT2D eigenvalue weighted by molar-refractivity contribution is 5.54. The number of phenolic OH excluding ortho intramolecular Hbond substituents is 2. The van der Waals surface area contributed by atoms with E-state index in [2.05, 4.69) is 45.9 Å². The van der Waals surface area contributed by atoms with Crippen LogP contribution in [0.15, 0.2) is 41.0 Å². The molecule has 0 heterocycles. The molecule has 0 aliphatic heterocycles. The third kappa shape index (κ3) is 8.49. The van der Waals surface area contributed by atoms with Crippen LogP contribution in [0, 0.1) is 6.92 Å². The third-order valence-corrected chi connectivity index (χ3v) is 5.23. The Kier molecular flexibility index (Phi) is 10.8. The number of phenols is 2. The predicted octanol–water partition coefficient (Wildman–Crippen LogP) is 7.47. The fourth-order valence-corrected chi connectivity index (χ4v) is 3.50. The average molecular weight is 401 g/mol. The molecular formula is C26H40O3. The van der Waals surface area contributed by atoms with Crippen molar-refractivity contribution in [2.45, 2.75) is 86.7 Å². The minimum atomic E-state index is -0.205. The number of ether oxygens (including phenoxy) is 1. The molecule has 0 saturated heterocycles. The fraction of sp³-hybridized carbons (Fsp3) is 0.538. The third-order valence-electron chi connectivity index (χ3n) is 5.23. The Labute approximate surface area is 177 Å². The summed E-state index contributed by atoms with van der Waals surface area (Å²) in [7, 11) is 0. The molecule has 0 aromatic heterocycles. The molecule has 1 aromatic carbocycles. The molecule has 0 radical (unpaired) electrons. The van der Waals surface area contributed by atoms with Crippen LogP contribution in [0.25, 0.3) is 0 Å². The molecule has 1 atom stereocenters. The zero-order valence-corrected chi connectivity index (χ0v) is 19.4. The zero-order valence-electron chi connectivity index (χ0n) is 19.4. The van der Waals surface area contributed by atoms with Gasteiger partial charge in [0, 0.05) is 17.7 Å². The molecule has 1 rings (SSSR count). The molecule has 3 nitrogen and oxygen atoms in total. The standard InChI is InChI=1S/C26H40O3/c1-8-29-22(7)25-21(6)17-24(27)23(26(25)28)16-15-20(5)14-10-13-19(4)12-9-11-18(2)3/h11,13,15,17,22,27-28H,8-10,12,14,16H2,1-7H3/b19-13+,20-15+/t22-/m0/s1. The monoisotopic (exact) mass is 400 g/mol. The maximum Gasteiger partial charge on any atom is 0.128 e. The van der Waals surface area contributed by atoms with Crippen molar-refractivity contribution in [1.82, 2.24) is 0 Å². The van der Waals surface area contributed by atoms with Crippen molar-refractivity contribution in [3.63, 3.8) is 0 Å². The van der Waals surface area contributed by atoms with Gasteiger partial charge in [0.25, 0.3) is 0 Å². The van der Waals surface area contributed by atoms with E-state index in [0.717, 1.165) is 36.8 Å². The van der Waals surface area contributed by atoms with Gasteiger partial charge in [-0.05, 0) is 92.2 Å². The first-order chi connectivity index (χ1) is 13.7. The molecule has 1 aromatic rings. The summed E-state index contributed by atoms with van der Waals surface area (Å²) in [4.78, 5) is 0. The molecule has 0 amide bonds. The molecule has 0 spiro atoms. The SMILES string of the molecule is CCO[C@@H](C)c1c(C)cc(O)c(C/C=C(\C)CC/C=C(\C)CCC=C(C)C)c1O. The summed E-state index contributed by atoms with van der Waals surface area (Å²) in [5.41, 5.74) is 6.25. The zero-order chi connectivity index (χ0) is 22.0. The van der Waals surface area contributed by atoms with Gasteiger partial charge in [-0.3, -0.25) is 0 Å². The first kappa shape index (κ1) is 25.0. The molecule has 162 valence electrons. The van der Waals surface area contributed by atoms with Gasteiger partial charge in [-0.25, -0.2) is 0 Å². The molecule has 0 fully saturated rings. The highest BCUT2D eigenvalue weighted by atomic mass is 16.5. The van der Waals surface area contributed by atoms with Gasteiger partial charge in [-0.2, -0.15) is 0 Å². The Hall–Kier alpha value is -2.00. The van der Waals surface area contributed by atoms with E-state index in [9.17, 15) is 10.2 Å². The fourth-order valence-electron chi connectivity index (χ4n) is 3.50. The van der Waals surface area contributed by atoms with Crippen LogP contribution in [0.4, 0.5) is 0 Å². The van der Waals surface area contributed by atoms with Gasteiger partial charge in [-0.1, -0.05) is 34.9 Å². The topological polar surface area (TPSA) is 49.7 Å². The van der Waals surface area contributed by atoms with Crippen LogP contribution in [0.2, 0.25) is 0 Å². The summed E-state index contributed by atoms with van der Waals surface area (Å²) in [6.45, 7) is 14.9. The van der Waals surface area contributed by atoms with Crippen LogP contribution < -0.4 is 0 Å². The first-order valence-electron chi connectivity index (χ1n) is 10.8. The van der Waals surface area contributed by atoms with E-state index in [0.29, 0.717) is 18.6 Å². The van der Waals surface area contributed by atoms with E-state index in [1.807, 2.05) is 20.8 Å². The Morgan fingerprint density at radius 1 is 1.00 bits per heavy atom. The minimum absolute atomic E-state index is 0.145. The Bertz CT molecular complexity index is 750. The highest BCUT2D eigenvalue weighted by Crippen LogP contribution is 2.38. The predicted molar refractivity (Wildman–Crippen MR) is 124 cm³/mol. The number of benzene rings is 1. The lowest BCUT2D eigenvalue weighted by Gasteiger charge is -2.19. The minimum Gasteiger partial charge on any atom is -0.508 e. The van der Waals surface area contributed by atoms with E-state index < -0.39 is 0 Å². The van der Waals surface area contributed by atoms with Gasteiger partial charge in [0.05, 0.1) is 6.10 Å². The van der Waals surface area contributed by atoms with Crippen molar-refractivity contribution in [2.75, 3.05) is 6.61 Å². The summed E-state index contributed by atoms with van der Waals surface area (Å²) in [6.07, 6.45) is 11.2. The van der Waals surface area contributed by atoms with Crippen molar-refractivity contribution >= 4 is 0 Å². The Morgan fingerprint density at radius 3 is 2.17 bits per heavy atom. The smallest absolute Gasteiger partial charge is 0.128 e. The number of aryl methyl sites for hydroxylation is 1. The van der Waals surface area contributed by atoms with Crippen molar-refractivity contribution in [1.29, 1.82) is 0 Å². The van der Waals surface area contributed by atoms with Gasteiger partial charge in [-0.15, -0.1) is 0 Å². The van der Waals surface area contributed by atoms with Crippen molar-refractivity contribution in [3.8, 4) is 11.5 Å². The molecule has 3 heteroatoms. The first-order valence-corrected chi connectivity index (χ1v) is 10.8. The number of aromatic hydroxyl groups is 2. The molecule has 29 heavy (non-hydrogen) atoms. The summed E-state index contributed by atoms with van der Waals surface area (Å²) < 4.78 is 5.66. The molecule has 0 saturated carbocycles. The number of hydrogen-bond acceptors (Lipinski definition) is 3. The second kappa shape index (κ2) is 12.5. The largest absolute Gasteiger partial charge is 0.508 e. The van der Waals surface area contributed by atoms with E-state index in [4.69, 9.17) is 4.74 Å². The lowest BCUT2D eigenvalue weighted by molar-refractivity contribution is 0.0740. The van der Waals surface area contributed by atoms with E-state index in [-0.39, 0.29) is 17.6 Å². The molecule has 0 unspecified atom stereocenters. The number of rotatable bonds is 11. The van der Waals surface area contributed by atoms with Gasteiger partial charge in [0.2, 0.25) is 0 Å². The van der Waals surface area contributed by atoms with Crippen LogP contribution >= 0.6 is 0 Å². The van der Waals surface area contributed by atoms with Crippen LogP contribution in [0.1, 0.15) is 90.0 Å². The van der Waals surface area contributed by atoms with Gasteiger partial charge in [0.15, 0.2) is 0 Å². The Balaban J connectivity index is 2.77. The maximum atomic E-state index is 10.7. The van der Waals surface area contributed by atoms with E-state index in [1.54, 1.807) is 6.07 Å². The Morgan fingerprint density at radius 2 is 1.59 bits per heavy atom. The number of hydrogen-bond donors (Lipinski definition) is 2. The second-order valence-electron chi connectivity index (χ2n) is 8.21. The lowest BCUT2D eigenvalue weighted by atomic mass is 9.95. The highest BCUT2D eigenvalue weighted by Gasteiger charge is 2.19. The maximum absolute atomic E-state index is 10.7. The van der Waals surface area contributed by atoms with Gasteiger partial charge < -0.3 is 14.9 Å². The average Bonchev–Trinajstić information content (AvgIpc) is 2.61. The van der Waals surface area contributed by atoms with E-state index in [1.165, 1.54) is 16.7 Å². The molecule has 2 N–H and O–H groups in total. The van der Waals surface area contributed by atoms with Crippen molar-refractivity contribution in [3.05, 3.63) is 57.7 Å². The molecule has 0 bridgehead atoms. The number of allylic oxidation sites excluding steroid dienone is 6. The van der Waals surface area contributed by atoms with Crippen LogP contribution in [0.3, 0.4) is 0 Å². The van der Waals surface area contributed by atoms with Crippen molar-refractivity contribution < 1.29 is 14.9 Å². The van der Waals surface area contributed by atoms with Gasteiger partial charge in [0.1, 0.15) is 11.5 Å². The van der Waals surface area contributed by atoms with Crippen LogP contribution in [0.5, 0.6) is 11.5 Å². The van der Waals surface area contributed by atoms with Crippen molar-refractivity contribution in [2.24, 2.45) is 0 Å². The van der Waals surface area contributed by atoms with Crippen LogP contribution in [-0.4, -0.2) is 16.8 Å². The quantitative estimate of drug-likeness (QED) is 0.379.